The van der Waals surface area contributed by atoms with Crippen LogP contribution in [0.25, 0.3) is 22.4 Å². The molecule has 0 amide bonds. The number of aryl methyl sites for hydroxylation is 1. The molecule has 116 valence electrons. The summed E-state index contributed by atoms with van der Waals surface area (Å²) in [5.74, 6) is 0. The van der Waals surface area contributed by atoms with Gasteiger partial charge in [0.25, 0.3) is 0 Å². The van der Waals surface area contributed by atoms with Crippen LogP contribution in [0, 0.1) is 6.92 Å². The minimum Gasteiger partial charge on any atom is -0.243 e. The summed E-state index contributed by atoms with van der Waals surface area (Å²) in [6.45, 7) is 1.93. The van der Waals surface area contributed by atoms with Gasteiger partial charge in [-0.1, -0.05) is 60.2 Å². The molecule has 4 heteroatoms. The van der Waals surface area contributed by atoms with Gasteiger partial charge in [-0.25, -0.2) is 4.98 Å². The lowest BCUT2D eigenvalue weighted by Crippen LogP contribution is -2.09. The van der Waals surface area contributed by atoms with Gasteiger partial charge in [-0.05, 0) is 30.2 Å². The zero-order valence-electron chi connectivity index (χ0n) is 12.4. The number of pyridine rings is 1. The summed E-state index contributed by atoms with van der Waals surface area (Å²) in [4.78, 5) is 3.81. The highest BCUT2D eigenvalue weighted by molar-refractivity contribution is 5.71. The van der Waals surface area contributed by atoms with Crippen LogP contribution in [-0.2, 0) is 6.18 Å². The quantitative estimate of drug-likeness (QED) is 0.587. The zero-order chi connectivity index (χ0) is 16.4. The fraction of sp³-hybridized carbons (Fsp3) is 0.105. The summed E-state index contributed by atoms with van der Waals surface area (Å²) in [5.41, 5.74) is 2.38. The lowest BCUT2D eigenvalue weighted by Gasteiger charge is -2.12. The van der Waals surface area contributed by atoms with E-state index in [9.17, 15) is 13.2 Å². The third-order valence-corrected chi connectivity index (χ3v) is 3.57. The number of halogens is 3. The van der Waals surface area contributed by atoms with E-state index in [0.717, 1.165) is 17.2 Å². The van der Waals surface area contributed by atoms with Gasteiger partial charge in [0.2, 0.25) is 0 Å². The summed E-state index contributed by atoms with van der Waals surface area (Å²) in [7, 11) is 0. The Morgan fingerprint density at radius 2 is 1.39 bits per heavy atom. The Morgan fingerprint density at radius 1 is 0.739 bits per heavy atom. The van der Waals surface area contributed by atoms with E-state index in [0.29, 0.717) is 16.8 Å². The second-order valence-electron chi connectivity index (χ2n) is 5.36. The van der Waals surface area contributed by atoms with E-state index < -0.39 is 11.9 Å². The molecule has 0 unspecified atom stereocenters. The maximum Gasteiger partial charge on any atom is 0.433 e. The van der Waals surface area contributed by atoms with Crippen LogP contribution < -0.4 is 0 Å². The lowest BCUT2D eigenvalue weighted by atomic mass is 10.0. The van der Waals surface area contributed by atoms with Crippen LogP contribution in [-0.4, -0.2) is 4.98 Å². The van der Waals surface area contributed by atoms with Crippen molar-refractivity contribution in [2.24, 2.45) is 0 Å². The topological polar surface area (TPSA) is 12.9 Å². The van der Waals surface area contributed by atoms with Crippen LogP contribution in [0.5, 0.6) is 0 Å². The van der Waals surface area contributed by atoms with E-state index in [4.69, 9.17) is 0 Å². The third kappa shape index (κ3) is 3.42. The minimum absolute atomic E-state index is 0.318. The number of benzene rings is 2. The predicted molar refractivity (Wildman–Crippen MR) is 84.8 cm³/mol. The van der Waals surface area contributed by atoms with Crippen molar-refractivity contribution in [2.45, 2.75) is 13.1 Å². The van der Waals surface area contributed by atoms with Gasteiger partial charge in [0.15, 0.2) is 0 Å². The molecule has 0 aliphatic carbocycles. The van der Waals surface area contributed by atoms with Gasteiger partial charge in [0, 0.05) is 5.56 Å². The molecule has 0 aliphatic heterocycles. The number of hydrogen-bond donors (Lipinski definition) is 0. The largest absolute Gasteiger partial charge is 0.433 e. The molecular formula is C19H14F3N. The number of hydrogen-bond acceptors (Lipinski definition) is 1. The van der Waals surface area contributed by atoms with E-state index in [1.54, 1.807) is 42.5 Å². The summed E-state index contributed by atoms with van der Waals surface area (Å²) in [6, 6.07) is 19.1. The van der Waals surface area contributed by atoms with Crippen LogP contribution in [0.3, 0.4) is 0 Å². The van der Waals surface area contributed by atoms with Crippen LogP contribution in [0.15, 0.2) is 66.7 Å². The monoisotopic (exact) mass is 313 g/mol. The van der Waals surface area contributed by atoms with E-state index in [1.165, 1.54) is 0 Å². The smallest absolute Gasteiger partial charge is 0.243 e. The zero-order valence-corrected chi connectivity index (χ0v) is 12.4. The molecular weight excluding hydrogens is 299 g/mol. The first-order chi connectivity index (χ1) is 10.9. The molecule has 0 bridgehead atoms. The van der Waals surface area contributed by atoms with Gasteiger partial charge in [-0.15, -0.1) is 0 Å². The van der Waals surface area contributed by atoms with Crippen molar-refractivity contribution in [3.63, 3.8) is 0 Å². The highest BCUT2D eigenvalue weighted by atomic mass is 19.4. The SMILES string of the molecule is Cc1ccc(-c2cc(-c3ccccc3)cc(C(F)(F)F)n2)cc1. The molecule has 0 saturated carbocycles. The Labute approximate surface area is 132 Å². The summed E-state index contributed by atoms with van der Waals surface area (Å²) in [6.07, 6.45) is -4.48. The molecule has 0 aliphatic rings. The van der Waals surface area contributed by atoms with Crippen molar-refractivity contribution in [3.8, 4) is 22.4 Å². The minimum atomic E-state index is -4.48. The molecule has 0 N–H and O–H groups in total. The normalized spacial score (nSPS) is 11.5. The van der Waals surface area contributed by atoms with Crippen LogP contribution in [0.2, 0.25) is 0 Å². The summed E-state index contributed by atoms with van der Waals surface area (Å²) in [5, 5.41) is 0. The number of aromatic nitrogens is 1. The van der Waals surface area contributed by atoms with Gasteiger partial charge >= 0.3 is 6.18 Å². The lowest BCUT2D eigenvalue weighted by molar-refractivity contribution is -0.141. The first-order valence-corrected chi connectivity index (χ1v) is 7.15. The number of alkyl halides is 3. The van der Waals surface area contributed by atoms with Gasteiger partial charge in [0.05, 0.1) is 5.69 Å². The molecule has 0 saturated heterocycles. The Kier molecular flexibility index (Phi) is 3.90. The summed E-state index contributed by atoms with van der Waals surface area (Å²) < 4.78 is 39.5. The molecule has 3 aromatic rings. The number of nitrogens with zero attached hydrogens (tertiary/aromatic N) is 1. The fourth-order valence-electron chi connectivity index (χ4n) is 2.35. The van der Waals surface area contributed by atoms with Gasteiger partial charge in [-0.3, -0.25) is 0 Å². The second-order valence-corrected chi connectivity index (χ2v) is 5.36. The van der Waals surface area contributed by atoms with E-state index in [2.05, 4.69) is 4.98 Å². The van der Waals surface area contributed by atoms with Crippen LogP contribution >= 0.6 is 0 Å². The molecule has 1 aromatic heterocycles. The van der Waals surface area contributed by atoms with Crippen molar-refractivity contribution >= 4 is 0 Å². The van der Waals surface area contributed by atoms with Crippen molar-refractivity contribution in [2.75, 3.05) is 0 Å². The average Bonchev–Trinajstić information content (AvgIpc) is 2.55. The molecule has 0 spiro atoms. The van der Waals surface area contributed by atoms with Crippen molar-refractivity contribution < 1.29 is 13.2 Å². The second kappa shape index (κ2) is 5.88. The maximum absolute atomic E-state index is 13.2. The Balaban J connectivity index is 2.18. The van der Waals surface area contributed by atoms with Crippen LogP contribution in [0.4, 0.5) is 13.2 Å². The van der Waals surface area contributed by atoms with Crippen molar-refractivity contribution in [3.05, 3.63) is 78.0 Å². The highest BCUT2D eigenvalue weighted by Crippen LogP contribution is 2.33. The fourth-order valence-corrected chi connectivity index (χ4v) is 2.35. The molecule has 3 rings (SSSR count). The average molecular weight is 313 g/mol. The van der Waals surface area contributed by atoms with Gasteiger partial charge in [-0.2, -0.15) is 13.2 Å². The maximum atomic E-state index is 13.2. The van der Waals surface area contributed by atoms with E-state index in [-0.39, 0.29) is 0 Å². The predicted octanol–water partition coefficient (Wildman–Crippen LogP) is 5.74. The van der Waals surface area contributed by atoms with E-state index >= 15 is 0 Å². The van der Waals surface area contributed by atoms with Crippen molar-refractivity contribution in [1.29, 1.82) is 0 Å². The van der Waals surface area contributed by atoms with Gasteiger partial charge in [0.1, 0.15) is 5.69 Å². The first kappa shape index (κ1) is 15.3. The Hall–Kier alpha value is -2.62. The molecule has 1 heterocycles. The van der Waals surface area contributed by atoms with Crippen molar-refractivity contribution in [1.82, 2.24) is 4.98 Å². The van der Waals surface area contributed by atoms with E-state index in [1.807, 2.05) is 25.1 Å². The standard InChI is InChI=1S/C19H14F3N/c1-13-7-9-15(10-8-13)17-11-16(14-5-3-2-4-6-14)12-18(23-17)19(20,21)22/h2-12H,1H3. The number of rotatable bonds is 2. The Bertz CT molecular complexity index is 806. The highest BCUT2D eigenvalue weighted by Gasteiger charge is 2.33. The molecule has 0 atom stereocenters. The molecule has 0 fully saturated rings. The summed E-state index contributed by atoms with van der Waals surface area (Å²) >= 11 is 0. The molecule has 23 heavy (non-hydrogen) atoms. The molecule has 2 aromatic carbocycles. The van der Waals surface area contributed by atoms with Crippen LogP contribution in [0.1, 0.15) is 11.3 Å². The third-order valence-electron chi connectivity index (χ3n) is 3.57. The Morgan fingerprint density at radius 3 is 2.00 bits per heavy atom. The van der Waals surface area contributed by atoms with Gasteiger partial charge < -0.3 is 0 Å². The first-order valence-electron chi connectivity index (χ1n) is 7.15. The molecule has 1 nitrogen and oxygen atoms in total. The molecule has 0 radical (unpaired) electrons.